The number of rotatable bonds is 9. The first-order chi connectivity index (χ1) is 13.1. The molecule has 0 fully saturated rings. The normalized spacial score (nSPS) is 10.7. The number of H-pyrrole nitrogens is 1. The molecule has 0 unspecified atom stereocenters. The van der Waals surface area contributed by atoms with Crippen LogP contribution in [0.15, 0.2) is 59.5 Å². The van der Waals surface area contributed by atoms with E-state index < -0.39 is 11.4 Å². The number of para-hydroxylation sites is 1. The zero-order valence-electron chi connectivity index (χ0n) is 14.8. The monoisotopic (exact) mass is 367 g/mol. The first kappa shape index (κ1) is 18.5. The van der Waals surface area contributed by atoms with E-state index in [4.69, 9.17) is 14.6 Å². The van der Waals surface area contributed by atoms with Gasteiger partial charge >= 0.3 is 5.97 Å². The lowest BCUT2D eigenvalue weighted by Gasteiger charge is -2.08. The van der Waals surface area contributed by atoms with E-state index in [0.29, 0.717) is 29.9 Å². The SMILES string of the molecule is O=C(O)c1c[nH]c2ccc(OCCCCCOc3ccccc3)cc2c1=O. The Bertz CT molecular complexity index is 965. The summed E-state index contributed by atoms with van der Waals surface area (Å²) >= 11 is 0. The van der Waals surface area contributed by atoms with Crippen LogP contribution < -0.4 is 14.9 Å². The number of hydrogen-bond donors (Lipinski definition) is 2. The molecule has 0 saturated heterocycles. The Morgan fingerprint density at radius 1 is 0.926 bits per heavy atom. The molecule has 2 N–H and O–H groups in total. The summed E-state index contributed by atoms with van der Waals surface area (Å²) in [5, 5.41) is 9.36. The number of carboxylic acids is 1. The highest BCUT2D eigenvalue weighted by Gasteiger charge is 2.11. The molecule has 0 aliphatic rings. The highest BCUT2D eigenvalue weighted by atomic mass is 16.5. The zero-order chi connectivity index (χ0) is 19.1. The van der Waals surface area contributed by atoms with E-state index in [1.807, 2.05) is 30.3 Å². The second-order valence-corrected chi connectivity index (χ2v) is 6.11. The second-order valence-electron chi connectivity index (χ2n) is 6.11. The molecule has 0 spiro atoms. The number of carbonyl (C=O) groups is 1. The molecule has 27 heavy (non-hydrogen) atoms. The van der Waals surface area contributed by atoms with E-state index in [-0.39, 0.29) is 5.56 Å². The van der Waals surface area contributed by atoms with Crippen LogP contribution in [0.5, 0.6) is 11.5 Å². The Kier molecular flexibility index (Phi) is 6.10. The lowest BCUT2D eigenvalue weighted by molar-refractivity contribution is 0.0695. The summed E-state index contributed by atoms with van der Waals surface area (Å²) in [6, 6.07) is 14.8. The summed E-state index contributed by atoms with van der Waals surface area (Å²) in [4.78, 5) is 26.1. The number of aromatic amines is 1. The number of nitrogens with one attached hydrogen (secondary N) is 1. The number of carboxylic acid groups (broad SMARTS) is 1. The van der Waals surface area contributed by atoms with Gasteiger partial charge in [-0.05, 0) is 49.6 Å². The molecular weight excluding hydrogens is 346 g/mol. The van der Waals surface area contributed by atoms with Crippen LogP contribution in [-0.2, 0) is 0 Å². The van der Waals surface area contributed by atoms with E-state index >= 15 is 0 Å². The second kappa shape index (κ2) is 8.89. The summed E-state index contributed by atoms with van der Waals surface area (Å²) in [6.45, 7) is 1.18. The molecule has 1 aromatic heterocycles. The van der Waals surface area contributed by atoms with Crippen LogP contribution in [0, 0.1) is 0 Å². The zero-order valence-corrected chi connectivity index (χ0v) is 14.8. The van der Waals surface area contributed by atoms with Crippen LogP contribution in [0.4, 0.5) is 0 Å². The van der Waals surface area contributed by atoms with E-state index in [2.05, 4.69) is 4.98 Å². The van der Waals surface area contributed by atoms with Crippen molar-refractivity contribution in [3.63, 3.8) is 0 Å². The van der Waals surface area contributed by atoms with Gasteiger partial charge in [0.1, 0.15) is 17.1 Å². The first-order valence-corrected chi connectivity index (χ1v) is 8.84. The largest absolute Gasteiger partial charge is 0.494 e. The number of ether oxygens (including phenoxy) is 2. The van der Waals surface area contributed by atoms with Crippen molar-refractivity contribution < 1.29 is 19.4 Å². The van der Waals surface area contributed by atoms with E-state index in [0.717, 1.165) is 25.0 Å². The molecule has 0 radical (unpaired) electrons. The average Bonchev–Trinajstić information content (AvgIpc) is 2.68. The summed E-state index contributed by atoms with van der Waals surface area (Å²) in [6.07, 6.45) is 3.97. The van der Waals surface area contributed by atoms with Gasteiger partial charge in [0, 0.05) is 11.7 Å². The standard InChI is InChI=1S/C21H21NO5/c23-20-17-13-16(9-10-19(17)22-14-18(20)21(24)25)27-12-6-2-5-11-26-15-7-3-1-4-8-15/h1,3-4,7-10,13-14H,2,5-6,11-12H2,(H,22,23)(H,24,25). The van der Waals surface area contributed by atoms with Gasteiger partial charge in [-0.25, -0.2) is 4.79 Å². The molecule has 0 atom stereocenters. The number of aromatic nitrogens is 1. The van der Waals surface area contributed by atoms with Gasteiger partial charge in [0.25, 0.3) is 0 Å². The molecule has 2 aromatic carbocycles. The third-order valence-corrected chi connectivity index (χ3v) is 4.15. The molecule has 0 aliphatic carbocycles. The van der Waals surface area contributed by atoms with Crippen LogP contribution in [0.1, 0.15) is 29.6 Å². The smallest absolute Gasteiger partial charge is 0.341 e. The van der Waals surface area contributed by atoms with Gasteiger partial charge < -0.3 is 19.6 Å². The Hall–Kier alpha value is -3.28. The highest BCUT2D eigenvalue weighted by Crippen LogP contribution is 2.18. The van der Waals surface area contributed by atoms with Crippen molar-refractivity contribution in [2.75, 3.05) is 13.2 Å². The fourth-order valence-electron chi connectivity index (χ4n) is 2.72. The minimum atomic E-state index is -1.25. The predicted molar refractivity (Wildman–Crippen MR) is 103 cm³/mol. The maximum absolute atomic E-state index is 12.2. The van der Waals surface area contributed by atoms with Gasteiger partial charge in [-0.2, -0.15) is 0 Å². The fourth-order valence-corrected chi connectivity index (χ4v) is 2.72. The van der Waals surface area contributed by atoms with Gasteiger partial charge in [0.2, 0.25) is 5.43 Å². The summed E-state index contributed by atoms with van der Waals surface area (Å²) in [5.41, 5.74) is -0.215. The fraction of sp³-hybridized carbons (Fsp3) is 0.238. The van der Waals surface area contributed by atoms with Crippen molar-refractivity contribution in [2.24, 2.45) is 0 Å². The molecule has 3 rings (SSSR count). The van der Waals surface area contributed by atoms with E-state index in [1.165, 1.54) is 6.20 Å². The molecule has 0 aliphatic heterocycles. The molecule has 1 heterocycles. The molecule has 3 aromatic rings. The summed E-state index contributed by atoms with van der Waals surface area (Å²) < 4.78 is 11.3. The van der Waals surface area contributed by atoms with Gasteiger partial charge in [-0.1, -0.05) is 18.2 Å². The molecule has 0 amide bonds. The number of benzene rings is 2. The Morgan fingerprint density at radius 3 is 2.33 bits per heavy atom. The quantitative estimate of drug-likeness (QED) is 0.561. The predicted octanol–water partition coefficient (Wildman–Crippen LogP) is 3.85. The molecule has 0 saturated carbocycles. The van der Waals surface area contributed by atoms with Crippen molar-refractivity contribution in [3.8, 4) is 11.5 Å². The third-order valence-electron chi connectivity index (χ3n) is 4.15. The van der Waals surface area contributed by atoms with Crippen molar-refractivity contribution in [3.05, 3.63) is 70.5 Å². The molecule has 6 nitrogen and oxygen atoms in total. The van der Waals surface area contributed by atoms with Crippen molar-refractivity contribution in [1.82, 2.24) is 4.98 Å². The lowest BCUT2D eigenvalue weighted by Crippen LogP contribution is -2.15. The first-order valence-electron chi connectivity index (χ1n) is 8.84. The maximum atomic E-state index is 12.2. The summed E-state index contributed by atoms with van der Waals surface area (Å²) in [7, 11) is 0. The van der Waals surface area contributed by atoms with E-state index in [9.17, 15) is 9.59 Å². The van der Waals surface area contributed by atoms with Crippen molar-refractivity contribution in [2.45, 2.75) is 19.3 Å². The van der Waals surface area contributed by atoms with E-state index in [1.54, 1.807) is 18.2 Å². The van der Waals surface area contributed by atoms with Crippen LogP contribution in [0.3, 0.4) is 0 Å². The number of hydrogen-bond acceptors (Lipinski definition) is 4. The van der Waals surface area contributed by atoms with Crippen LogP contribution in [-0.4, -0.2) is 29.3 Å². The molecular formula is C21H21NO5. The number of unbranched alkanes of at least 4 members (excludes halogenated alkanes) is 2. The minimum Gasteiger partial charge on any atom is -0.494 e. The van der Waals surface area contributed by atoms with Gasteiger partial charge in [0.05, 0.1) is 18.6 Å². The van der Waals surface area contributed by atoms with Gasteiger partial charge in [-0.15, -0.1) is 0 Å². The molecule has 140 valence electrons. The van der Waals surface area contributed by atoms with Gasteiger partial charge in [0.15, 0.2) is 0 Å². The summed E-state index contributed by atoms with van der Waals surface area (Å²) in [5.74, 6) is 0.175. The third kappa shape index (κ3) is 4.88. The highest BCUT2D eigenvalue weighted by molar-refractivity contribution is 5.92. The van der Waals surface area contributed by atoms with Crippen LogP contribution in [0.2, 0.25) is 0 Å². The number of fused-ring (bicyclic) bond motifs is 1. The Morgan fingerprint density at radius 2 is 1.63 bits per heavy atom. The van der Waals surface area contributed by atoms with Crippen molar-refractivity contribution >= 4 is 16.9 Å². The topological polar surface area (TPSA) is 88.6 Å². The Balaban J connectivity index is 1.47. The minimum absolute atomic E-state index is 0.280. The maximum Gasteiger partial charge on any atom is 0.341 e. The van der Waals surface area contributed by atoms with Crippen LogP contribution in [0.25, 0.3) is 10.9 Å². The number of aromatic carboxylic acids is 1. The van der Waals surface area contributed by atoms with Gasteiger partial charge in [-0.3, -0.25) is 4.79 Å². The average molecular weight is 367 g/mol. The molecule has 0 bridgehead atoms. The molecule has 6 heteroatoms. The number of pyridine rings is 1. The van der Waals surface area contributed by atoms with Crippen LogP contribution >= 0.6 is 0 Å². The van der Waals surface area contributed by atoms with Crippen molar-refractivity contribution in [1.29, 1.82) is 0 Å². The Labute approximate surface area is 156 Å². The lowest BCUT2D eigenvalue weighted by atomic mass is 10.1.